The van der Waals surface area contributed by atoms with Crippen LogP contribution < -0.4 is 0 Å². The largest absolute Gasteiger partial charge is 0.443 e. The summed E-state index contributed by atoms with van der Waals surface area (Å²) in [5.41, 5.74) is -0.123. The van der Waals surface area contributed by atoms with Gasteiger partial charge in [0.05, 0.1) is 6.54 Å². The van der Waals surface area contributed by atoms with Gasteiger partial charge in [-0.3, -0.25) is 0 Å². The van der Waals surface area contributed by atoms with Crippen LogP contribution in [0.5, 0.6) is 0 Å². The van der Waals surface area contributed by atoms with Crippen LogP contribution in [-0.2, 0) is 19.2 Å². The van der Waals surface area contributed by atoms with Gasteiger partial charge < -0.3 is 8.92 Å². The molecule has 0 fully saturated rings. The highest BCUT2D eigenvalue weighted by Crippen LogP contribution is 2.18. The predicted molar refractivity (Wildman–Crippen MR) is 56.7 cm³/mol. The Morgan fingerprint density at radius 3 is 2.56 bits per heavy atom. The molecule has 0 aromatic carbocycles. The van der Waals surface area contributed by atoms with Crippen molar-refractivity contribution in [1.82, 2.24) is 4.31 Å². The summed E-state index contributed by atoms with van der Waals surface area (Å²) < 4.78 is 32.8. The molecule has 0 spiro atoms. The Morgan fingerprint density at radius 1 is 1.50 bits per heavy atom. The van der Waals surface area contributed by atoms with Crippen molar-refractivity contribution in [1.29, 1.82) is 0 Å². The monoisotopic (exact) mass is 249 g/mol. The number of carbonyl (C=O) groups excluding carboxylic acids is 1. The third kappa shape index (κ3) is 3.13. The number of hydrogen-bond donors (Lipinski definition) is 0. The number of rotatable bonds is 0. The Labute approximate surface area is 95.1 Å². The van der Waals surface area contributed by atoms with Crippen LogP contribution in [0, 0.1) is 0 Å². The van der Waals surface area contributed by atoms with Gasteiger partial charge in [0.15, 0.2) is 0 Å². The molecule has 92 valence electrons. The van der Waals surface area contributed by atoms with Crippen LogP contribution in [0.15, 0.2) is 11.8 Å². The molecule has 1 aliphatic heterocycles. The fourth-order valence-corrected chi connectivity index (χ4v) is 1.98. The maximum Gasteiger partial charge on any atom is 0.427 e. The Hall–Kier alpha value is -1.24. The van der Waals surface area contributed by atoms with Gasteiger partial charge in [-0.2, -0.15) is 12.7 Å². The number of nitrogens with zero attached hydrogens (tertiary/aromatic N) is 1. The van der Waals surface area contributed by atoms with E-state index < -0.39 is 22.0 Å². The zero-order chi connectivity index (χ0) is 12.6. The Morgan fingerprint density at radius 2 is 2.06 bits per heavy atom. The summed E-state index contributed by atoms with van der Waals surface area (Å²) in [7, 11) is -4.05. The molecule has 7 heteroatoms. The summed E-state index contributed by atoms with van der Waals surface area (Å²) in [6.07, 6.45) is 0.177. The van der Waals surface area contributed by atoms with E-state index >= 15 is 0 Å². The van der Waals surface area contributed by atoms with Crippen molar-refractivity contribution in [2.24, 2.45) is 0 Å². The molecule has 1 amide bonds. The second-order valence-corrected chi connectivity index (χ2v) is 5.99. The summed E-state index contributed by atoms with van der Waals surface area (Å²) in [5.74, 6) is 0. The normalized spacial score (nSPS) is 19.8. The van der Waals surface area contributed by atoms with Crippen molar-refractivity contribution in [3.63, 3.8) is 0 Å². The molecule has 0 saturated heterocycles. The quantitative estimate of drug-likeness (QED) is 0.649. The average Bonchev–Trinajstić information content (AvgIpc) is 2.06. The first kappa shape index (κ1) is 12.8. The summed E-state index contributed by atoms with van der Waals surface area (Å²) in [6.45, 7) is 6.59. The van der Waals surface area contributed by atoms with Gasteiger partial charge in [0.2, 0.25) is 0 Å². The molecule has 0 radical (unpaired) electrons. The van der Waals surface area contributed by atoms with Gasteiger partial charge in [-0.15, -0.1) is 0 Å². The topological polar surface area (TPSA) is 72.9 Å². The molecule has 16 heavy (non-hydrogen) atoms. The summed E-state index contributed by atoms with van der Waals surface area (Å²) in [5, 5.41) is 0. The van der Waals surface area contributed by atoms with Crippen LogP contribution in [-0.4, -0.2) is 31.0 Å². The van der Waals surface area contributed by atoms with Crippen LogP contribution in [0.3, 0.4) is 0 Å². The first-order valence-corrected chi connectivity index (χ1v) is 6.08. The SMILES string of the molecule is CC1=COS(=O)(=O)N(C(=O)OC(C)(C)C)C1. The van der Waals surface area contributed by atoms with E-state index in [2.05, 4.69) is 4.18 Å². The zero-order valence-electron chi connectivity index (χ0n) is 9.68. The van der Waals surface area contributed by atoms with Crippen LogP contribution in [0.25, 0.3) is 0 Å². The number of hydrogen-bond acceptors (Lipinski definition) is 5. The third-order valence-corrected chi connectivity index (χ3v) is 2.79. The predicted octanol–water partition coefficient (Wildman–Crippen LogP) is 1.40. The lowest BCUT2D eigenvalue weighted by Gasteiger charge is -2.28. The molecule has 0 aliphatic carbocycles. The van der Waals surface area contributed by atoms with E-state index in [0.29, 0.717) is 9.88 Å². The highest BCUT2D eigenvalue weighted by Gasteiger charge is 2.35. The van der Waals surface area contributed by atoms with E-state index in [1.165, 1.54) is 0 Å². The minimum Gasteiger partial charge on any atom is -0.443 e. The molecule has 6 nitrogen and oxygen atoms in total. The lowest BCUT2D eigenvalue weighted by Crippen LogP contribution is -2.43. The van der Waals surface area contributed by atoms with E-state index in [1.54, 1.807) is 27.7 Å². The lowest BCUT2D eigenvalue weighted by molar-refractivity contribution is 0.0381. The van der Waals surface area contributed by atoms with Gasteiger partial charge >= 0.3 is 16.4 Å². The highest BCUT2D eigenvalue weighted by atomic mass is 32.2. The standard InChI is InChI=1S/C9H15NO5S/c1-7-5-10(16(12,13)14-6-7)8(11)15-9(2,3)4/h6H,5H2,1-4H3. The van der Waals surface area contributed by atoms with E-state index in [-0.39, 0.29) is 6.54 Å². The molecule has 0 aromatic rings. The van der Waals surface area contributed by atoms with Crippen molar-refractivity contribution in [3.05, 3.63) is 11.8 Å². The molecule has 0 N–H and O–H groups in total. The van der Waals surface area contributed by atoms with E-state index in [9.17, 15) is 13.2 Å². The molecular formula is C9H15NO5S. The first-order valence-electron chi connectivity index (χ1n) is 4.71. The first-order chi connectivity index (χ1) is 7.12. The summed E-state index contributed by atoms with van der Waals surface area (Å²) >= 11 is 0. The van der Waals surface area contributed by atoms with Crippen LogP contribution in [0.4, 0.5) is 4.79 Å². The maximum absolute atomic E-state index is 11.6. The van der Waals surface area contributed by atoms with Gasteiger partial charge in [0, 0.05) is 0 Å². The number of carbonyl (C=O) groups is 1. The molecule has 0 unspecified atom stereocenters. The van der Waals surface area contributed by atoms with Crippen molar-refractivity contribution in [2.75, 3.05) is 6.54 Å². The van der Waals surface area contributed by atoms with Crippen molar-refractivity contribution < 1.29 is 22.1 Å². The molecular weight excluding hydrogens is 234 g/mol. The Kier molecular flexibility index (Phi) is 3.18. The number of ether oxygens (including phenoxy) is 1. The van der Waals surface area contributed by atoms with E-state index in [4.69, 9.17) is 4.74 Å². The van der Waals surface area contributed by atoms with Crippen LogP contribution in [0.2, 0.25) is 0 Å². The number of amides is 1. The minimum atomic E-state index is -4.05. The van der Waals surface area contributed by atoms with Gasteiger partial charge in [-0.1, -0.05) is 0 Å². The van der Waals surface area contributed by atoms with Crippen molar-refractivity contribution in [2.45, 2.75) is 33.3 Å². The average molecular weight is 249 g/mol. The van der Waals surface area contributed by atoms with Gasteiger partial charge in [0.1, 0.15) is 11.9 Å². The molecule has 0 aromatic heterocycles. The lowest BCUT2D eigenvalue weighted by atomic mass is 10.2. The zero-order valence-corrected chi connectivity index (χ0v) is 10.5. The van der Waals surface area contributed by atoms with Gasteiger partial charge in [-0.05, 0) is 33.3 Å². The van der Waals surface area contributed by atoms with E-state index in [1.807, 2.05) is 0 Å². The molecule has 0 atom stereocenters. The Balaban J connectivity index is 2.88. The molecule has 0 bridgehead atoms. The van der Waals surface area contributed by atoms with Crippen LogP contribution in [0.1, 0.15) is 27.7 Å². The van der Waals surface area contributed by atoms with Gasteiger partial charge in [0.25, 0.3) is 0 Å². The molecule has 1 aliphatic rings. The molecule has 1 heterocycles. The molecule has 1 rings (SSSR count). The summed E-state index contributed by atoms with van der Waals surface area (Å²) in [4.78, 5) is 11.6. The van der Waals surface area contributed by atoms with Crippen molar-refractivity contribution in [3.8, 4) is 0 Å². The van der Waals surface area contributed by atoms with Gasteiger partial charge in [-0.25, -0.2) is 4.79 Å². The molecule has 0 saturated carbocycles. The third-order valence-electron chi connectivity index (χ3n) is 1.63. The Bertz CT molecular complexity index is 418. The maximum atomic E-state index is 11.6. The van der Waals surface area contributed by atoms with Crippen molar-refractivity contribution >= 4 is 16.4 Å². The highest BCUT2D eigenvalue weighted by molar-refractivity contribution is 7.85. The fraction of sp³-hybridized carbons (Fsp3) is 0.667. The van der Waals surface area contributed by atoms with E-state index in [0.717, 1.165) is 6.26 Å². The second kappa shape index (κ2) is 3.97. The van der Waals surface area contributed by atoms with Crippen LogP contribution >= 0.6 is 0 Å². The fourth-order valence-electron chi connectivity index (χ4n) is 1.01. The summed E-state index contributed by atoms with van der Waals surface area (Å²) in [6, 6.07) is 0. The minimum absolute atomic E-state index is 0.0444. The smallest absolute Gasteiger partial charge is 0.427 e. The second-order valence-electron chi connectivity index (χ2n) is 4.51.